The first-order valence-corrected chi connectivity index (χ1v) is 9.36. The van der Waals surface area contributed by atoms with Crippen LogP contribution in [0.1, 0.15) is 39.0 Å². The minimum atomic E-state index is -0.767. The van der Waals surface area contributed by atoms with Crippen molar-refractivity contribution in [2.24, 2.45) is 5.92 Å². The van der Waals surface area contributed by atoms with Crippen LogP contribution in [-0.2, 0) is 14.4 Å². The molecule has 2 heterocycles. The van der Waals surface area contributed by atoms with Crippen LogP contribution in [-0.4, -0.2) is 57.6 Å². The number of rotatable bonds is 10. The van der Waals surface area contributed by atoms with Gasteiger partial charge in [0.2, 0.25) is 18.2 Å². The first-order chi connectivity index (χ1) is 13.5. The van der Waals surface area contributed by atoms with Gasteiger partial charge in [-0.1, -0.05) is 26.2 Å². The van der Waals surface area contributed by atoms with Crippen molar-refractivity contribution >= 4 is 24.0 Å². The quantitative estimate of drug-likeness (QED) is 0.238. The Bertz CT molecular complexity index is 672. The summed E-state index contributed by atoms with van der Waals surface area (Å²) in [6.07, 6.45) is 4.79. The Hall–Kier alpha value is -2.59. The van der Waals surface area contributed by atoms with Gasteiger partial charge < -0.3 is 5.32 Å². The van der Waals surface area contributed by atoms with E-state index in [9.17, 15) is 24.0 Å². The molecule has 1 fully saturated rings. The molecule has 28 heavy (non-hydrogen) atoms. The molecule has 1 aromatic rings. The van der Waals surface area contributed by atoms with Crippen LogP contribution in [0.15, 0.2) is 18.3 Å². The second kappa shape index (κ2) is 10.7. The van der Waals surface area contributed by atoms with Crippen LogP contribution in [0.4, 0.5) is 10.2 Å². The highest BCUT2D eigenvalue weighted by Crippen LogP contribution is 2.19. The minimum absolute atomic E-state index is 0.141. The average molecular weight is 395 g/mol. The average Bonchev–Trinajstić information content (AvgIpc) is 3.18. The lowest BCUT2D eigenvalue weighted by Gasteiger charge is -2.28. The zero-order valence-electron chi connectivity index (χ0n) is 15.8. The van der Waals surface area contributed by atoms with Gasteiger partial charge in [0.1, 0.15) is 17.7 Å². The highest BCUT2D eigenvalue weighted by molar-refractivity contribution is 5.97. The number of nitrogens with one attached hydrogen (secondary N) is 2. The predicted octanol–water partition coefficient (Wildman–Crippen LogP) is 1.31. The molecule has 1 unspecified atom stereocenters. The molecule has 1 aromatic heterocycles. The third kappa shape index (κ3) is 5.96. The van der Waals surface area contributed by atoms with Crippen LogP contribution >= 0.6 is 0 Å². The molecule has 9 nitrogen and oxygen atoms in total. The summed E-state index contributed by atoms with van der Waals surface area (Å²) in [4.78, 5) is 40.1. The Kier molecular flexibility index (Phi) is 8.27. The Morgan fingerprint density at radius 1 is 1.50 bits per heavy atom. The van der Waals surface area contributed by atoms with Gasteiger partial charge in [0.25, 0.3) is 0 Å². The van der Waals surface area contributed by atoms with Gasteiger partial charge in [-0.15, -0.1) is 0 Å². The second-order valence-electron chi connectivity index (χ2n) is 6.69. The SMILES string of the molecule is CCCCC[C@H](CN(O)C=O)C(=O)N1NCCC1C(=O)Nc1ccc(F)cn1. The summed E-state index contributed by atoms with van der Waals surface area (Å²) in [5.74, 6) is -1.77. The molecule has 3 N–H and O–H groups in total. The number of halogens is 1. The molecule has 1 saturated heterocycles. The van der Waals surface area contributed by atoms with E-state index in [1.54, 1.807) is 0 Å². The summed E-state index contributed by atoms with van der Waals surface area (Å²) in [7, 11) is 0. The van der Waals surface area contributed by atoms with Crippen LogP contribution in [0.25, 0.3) is 0 Å². The Morgan fingerprint density at radius 3 is 2.93 bits per heavy atom. The zero-order chi connectivity index (χ0) is 20.5. The highest BCUT2D eigenvalue weighted by atomic mass is 19.1. The first kappa shape index (κ1) is 21.7. The topological polar surface area (TPSA) is 115 Å². The summed E-state index contributed by atoms with van der Waals surface area (Å²) in [6.45, 7) is 2.32. The lowest BCUT2D eigenvalue weighted by atomic mass is 9.99. The second-order valence-corrected chi connectivity index (χ2v) is 6.69. The van der Waals surface area contributed by atoms with Crippen LogP contribution in [0, 0.1) is 11.7 Å². The normalized spacial score (nSPS) is 17.2. The maximum absolute atomic E-state index is 13.0. The molecule has 2 atom stereocenters. The summed E-state index contributed by atoms with van der Waals surface area (Å²) in [5, 5.41) is 13.8. The van der Waals surface area contributed by atoms with E-state index < -0.39 is 23.7 Å². The Labute approximate surface area is 162 Å². The fourth-order valence-corrected chi connectivity index (χ4v) is 3.10. The largest absolute Gasteiger partial charge is 0.309 e. The number of amides is 3. The highest BCUT2D eigenvalue weighted by Gasteiger charge is 2.37. The van der Waals surface area contributed by atoms with Gasteiger partial charge in [0.05, 0.1) is 18.7 Å². The van der Waals surface area contributed by atoms with E-state index in [-0.39, 0.29) is 24.7 Å². The molecule has 0 bridgehead atoms. The van der Waals surface area contributed by atoms with Gasteiger partial charge in [-0.3, -0.25) is 24.6 Å². The number of anilines is 1. The van der Waals surface area contributed by atoms with Crippen molar-refractivity contribution in [3.05, 3.63) is 24.1 Å². The van der Waals surface area contributed by atoms with E-state index in [0.29, 0.717) is 24.4 Å². The van der Waals surface area contributed by atoms with Crippen molar-refractivity contribution in [1.82, 2.24) is 20.5 Å². The van der Waals surface area contributed by atoms with Gasteiger partial charge >= 0.3 is 0 Å². The molecule has 0 saturated carbocycles. The maximum atomic E-state index is 13.0. The lowest BCUT2D eigenvalue weighted by Crippen LogP contribution is -2.51. The molecule has 0 spiro atoms. The molecule has 2 rings (SSSR count). The summed E-state index contributed by atoms with van der Waals surface area (Å²) in [6, 6.07) is 1.75. The number of hydrogen-bond donors (Lipinski definition) is 3. The number of pyridine rings is 1. The molecule has 3 amide bonds. The third-order valence-corrected chi connectivity index (χ3v) is 4.56. The van der Waals surface area contributed by atoms with Gasteiger partial charge in [-0.05, 0) is 25.0 Å². The number of aromatic nitrogens is 1. The standard InChI is InChI=1S/C18H26FN5O4/c1-2-3-4-5-13(11-23(28)12-25)18(27)24-15(8-9-21-24)17(26)22-16-7-6-14(19)10-20-16/h6-7,10,12-13,15,21,28H,2-5,8-9,11H2,1H3,(H,20,22,26)/t13-,15?/m1/s1. The van der Waals surface area contributed by atoms with Crippen molar-refractivity contribution in [3.8, 4) is 0 Å². The molecule has 0 aliphatic carbocycles. The van der Waals surface area contributed by atoms with Crippen LogP contribution in [0.2, 0.25) is 0 Å². The fraction of sp³-hybridized carbons (Fsp3) is 0.556. The van der Waals surface area contributed by atoms with Gasteiger partial charge in [0, 0.05) is 6.54 Å². The van der Waals surface area contributed by atoms with Crippen LogP contribution < -0.4 is 10.7 Å². The molecule has 0 radical (unpaired) electrons. The van der Waals surface area contributed by atoms with Crippen LogP contribution in [0.3, 0.4) is 0 Å². The number of carbonyl (C=O) groups is 3. The monoisotopic (exact) mass is 395 g/mol. The maximum Gasteiger partial charge on any atom is 0.250 e. The summed E-state index contributed by atoms with van der Waals surface area (Å²) < 4.78 is 13.0. The predicted molar refractivity (Wildman–Crippen MR) is 98.3 cm³/mol. The number of unbranched alkanes of at least 4 members (excludes halogenated alkanes) is 2. The molecule has 10 heteroatoms. The van der Waals surface area contributed by atoms with Crippen molar-refractivity contribution in [2.75, 3.05) is 18.4 Å². The number of nitrogens with zero attached hydrogens (tertiary/aromatic N) is 3. The Morgan fingerprint density at radius 2 is 2.29 bits per heavy atom. The molecule has 154 valence electrons. The van der Waals surface area contributed by atoms with Crippen LogP contribution in [0.5, 0.6) is 0 Å². The Balaban J connectivity index is 2.05. The number of carbonyl (C=O) groups excluding carboxylic acids is 3. The number of hydrazine groups is 1. The number of hydrogen-bond acceptors (Lipinski definition) is 6. The zero-order valence-corrected chi connectivity index (χ0v) is 15.8. The van der Waals surface area contributed by atoms with E-state index in [0.717, 1.165) is 25.5 Å². The van der Waals surface area contributed by atoms with Gasteiger partial charge in [0.15, 0.2) is 0 Å². The summed E-state index contributed by atoms with van der Waals surface area (Å²) >= 11 is 0. The van der Waals surface area contributed by atoms with Gasteiger partial charge in [-0.25, -0.2) is 19.9 Å². The molecule has 1 aliphatic rings. The molecular formula is C18H26FN5O4. The van der Waals surface area contributed by atoms with E-state index in [1.165, 1.54) is 17.1 Å². The minimum Gasteiger partial charge on any atom is -0.309 e. The third-order valence-electron chi connectivity index (χ3n) is 4.56. The number of hydroxylamine groups is 2. The van der Waals surface area contributed by atoms with E-state index in [1.807, 2.05) is 6.92 Å². The smallest absolute Gasteiger partial charge is 0.250 e. The van der Waals surface area contributed by atoms with Crippen molar-refractivity contribution < 1.29 is 24.0 Å². The van der Waals surface area contributed by atoms with E-state index in [2.05, 4.69) is 15.7 Å². The molecule has 1 aliphatic heterocycles. The van der Waals surface area contributed by atoms with E-state index in [4.69, 9.17) is 0 Å². The van der Waals surface area contributed by atoms with Crippen molar-refractivity contribution in [2.45, 2.75) is 45.1 Å². The molecular weight excluding hydrogens is 369 g/mol. The lowest BCUT2D eigenvalue weighted by molar-refractivity contribution is -0.159. The van der Waals surface area contributed by atoms with Crippen molar-refractivity contribution in [1.29, 1.82) is 0 Å². The van der Waals surface area contributed by atoms with Crippen molar-refractivity contribution in [3.63, 3.8) is 0 Å². The summed E-state index contributed by atoms with van der Waals surface area (Å²) in [5.41, 5.74) is 2.90. The first-order valence-electron chi connectivity index (χ1n) is 9.36. The van der Waals surface area contributed by atoms with E-state index >= 15 is 0 Å². The van der Waals surface area contributed by atoms with Gasteiger partial charge in [-0.2, -0.15) is 0 Å². The fourth-order valence-electron chi connectivity index (χ4n) is 3.10. The molecule has 0 aromatic carbocycles.